The predicted octanol–water partition coefficient (Wildman–Crippen LogP) is 6.81. The number of benzene rings is 3. The Morgan fingerprint density at radius 2 is 1.70 bits per heavy atom. The number of fused-ring (bicyclic) bond motifs is 2. The molecule has 4 aromatic rings. The van der Waals surface area contributed by atoms with Gasteiger partial charge in [-0.1, -0.05) is 45.2 Å². The Morgan fingerprint density at radius 1 is 0.970 bits per heavy atom. The van der Waals surface area contributed by atoms with Crippen LogP contribution in [-0.2, 0) is 0 Å². The molecule has 0 fully saturated rings. The number of ketones is 1. The van der Waals surface area contributed by atoms with Crippen LogP contribution in [0.1, 0.15) is 45.0 Å². The molecule has 5 nitrogen and oxygen atoms in total. The van der Waals surface area contributed by atoms with Crippen LogP contribution in [0.2, 0.25) is 10.0 Å². The van der Waals surface area contributed by atoms with E-state index in [0.29, 0.717) is 42.3 Å². The summed E-state index contributed by atoms with van der Waals surface area (Å²) in [6.45, 7) is 1.47. The average molecular weight is 543 g/mol. The van der Waals surface area contributed by atoms with E-state index < -0.39 is 11.9 Å². The number of amides is 1. The van der Waals surface area contributed by atoms with Gasteiger partial charge in [-0.2, -0.15) is 0 Å². The Labute approximate surface area is 206 Å². The third-order valence-electron chi connectivity index (χ3n) is 5.64. The molecular weight excluding hydrogens is 529 g/mol. The first-order valence-corrected chi connectivity index (χ1v) is 11.5. The monoisotopic (exact) mass is 541 g/mol. The third kappa shape index (κ3) is 3.59. The SMILES string of the molecule is CC(=O)c1ccc(N2C(=O)c3oc4ccc(Br)cc4c(=O)c3C2c2ccc(Cl)c(Cl)c2)cc1. The Bertz CT molecular complexity index is 1530. The van der Waals surface area contributed by atoms with Gasteiger partial charge in [0.2, 0.25) is 5.76 Å². The van der Waals surface area contributed by atoms with Crippen LogP contribution in [0.25, 0.3) is 11.0 Å². The van der Waals surface area contributed by atoms with E-state index in [4.69, 9.17) is 27.6 Å². The van der Waals surface area contributed by atoms with Crippen molar-refractivity contribution in [1.82, 2.24) is 0 Å². The van der Waals surface area contributed by atoms with Crippen LogP contribution in [-0.4, -0.2) is 11.7 Å². The van der Waals surface area contributed by atoms with Gasteiger partial charge in [0, 0.05) is 15.7 Å². The number of halogens is 3. The molecule has 164 valence electrons. The first-order chi connectivity index (χ1) is 15.8. The van der Waals surface area contributed by atoms with Crippen molar-refractivity contribution >= 4 is 67.5 Å². The summed E-state index contributed by atoms with van der Waals surface area (Å²) < 4.78 is 6.66. The van der Waals surface area contributed by atoms with Gasteiger partial charge in [0.1, 0.15) is 5.58 Å². The summed E-state index contributed by atoms with van der Waals surface area (Å²) in [6, 6.07) is 15.9. The highest BCUT2D eigenvalue weighted by atomic mass is 79.9. The van der Waals surface area contributed by atoms with E-state index in [1.54, 1.807) is 60.7 Å². The topological polar surface area (TPSA) is 67.6 Å². The molecule has 1 aliphatic heterocycles. The molecule has 1 aromatic heterocycles. The van der Waals surface area contributed by atoms with Crippen molar-refractivity contribution in [2.45, 2.75) is 13.0 Å². The van der Waals surface area contributed by atoms with Crippen LogP contribution in [0, 0.1) is 0 Å². The van der Waals surface area contributed by atoms with E-state index in [1.165, 1.54) is 11.8 Å². The highest BCUT2D eigenvalue weighted by Crippen LogP contribution is 2.42. The van der Waals surface area contributed by atoms with Crippen LogP contribution in [0.15, 0.2) is 74.3 Å². The van der Waals surface area contributed by atoms with Crippen molar-refractivity contribution in [2.75, 3.05) is 4.90 Å². The maximum Gasteiger partial charge on any atom is 0.295 e. The van der Waals surface area contributed by atoms with E-state index in [2.05, 4.69) is 15.9 Å². The number of nitrogens with zero attached hydrogens (tertiary/aromatic N) is 1. The van der Waals surface area contributed by atoms with Gasteiger partial charge in [0.25, 0.3) is 5.91 Å². The predicted molar refractivity (Wildman–Crippen MR) is 132 cm³/mol. The Kier molecular flexibility index (Phi) is 5.40. The normalized spacial score (nSPS) is 15.2. The molecule has 33 heavy (non-hydrogen) atoms. The lowest BCUT2D eigenvalue weighted by atomic mass is 9.98. The molecule has 0 spiro atoms. The molecule has 0 saturated carbocycles. The summed E-state index contributed by atoms with van der Waals surface area (Å²) in [6.07, 6.45) is 0. The number of carbonyl (C=O) groups is 2. The number of anilines is 1. The second-order valence-electron chi connectivity index (χ2n) is 7.67. The fourth-order valence-electron chi connectivity index (χ4n) is 4.07. The molecule has 1 amide bonds. The van der Waals surface area contributed by atoms with Gasteiger partial charge in [-0.05, 0) is 67.1 Å². The maximum absolute atomic E-state index is 13.6. The molecule has 2 heterocycles. The van der Waals surface area contributed by atoms with Gasteiger partial charge in [0.05, 0.1) is 27.0 Å². The van der Waals surface area contributed by atoms with Crippen LogP contribution < -0.4 is 10.3 Å². The molecule has 0 radical (unpaired) electrons. The van der Waals surface area contributed by atoms with Gasteiger partial charge in [-0.15, -0.1) is 0 Å². The number of Topliss-reactive ketones (excluding diaryl/α,β-unsaturated/α-hetero) is 1. The van der Waals surface area contributed by atoms with Crippen molar-refractivity contribution in [3.8, 4) is 0 Å². The molecule has 8 heteroatoms. The zero-order valence-electron chi connectivity index (χ0n) is 17.1. The number of hydrogen-bond acceptors (Lipinski definition) is 4. The Morgan fingerprint density at radius 3 is 2.36 bits per heavy atom. The fourth-order valence-corrected chi connectivity index (χ4v) is 4.73. The van der Waals surface area contributed by atoms with Gasteiger partial charge < -0.3 is 4.42 Å². The highest BCUT2D eigenvalue weighted by Gasteiger charge is 2.43. The number of carbonyl (C=O) groups excluding carboxylic acids is 2. The first kappa shape index (κ1) is 21.9. The largest absolute Gasteiger partial charge is 0.450 e. The summed E-state index contributed by atoms with van der Waals surface area (Å²) in [5.41, 5.74) is 1.86. The Hall–Kier alpha value is -2.93. The third-order valence-corrected chi connectivity index (χ3v) is 6.88. The molecule has 0 aliphatic carbocycles. The standard InChI is InChI=1S/C25H14BrCl2NO4/c1-12(30)13-2-6-16(7-3-13)29-22(14-4-8-18(27)19(28)10-14)21-23(31)17-11-15(26)5-9-20(17)33-24(21)25(29)32/h2-11,22H,1H3. The summed E-state index contributed by atoms with van der Waals surface area (Å²) in [4.78, 5) is 40.4. The smallest absolute Gasteiger partial charge is 0.295 e. The van der Waals surface area contributed by atoms with Gasteiger partial charge in [0.15, 0.2) is 11.2 Å². The molecule has 0 bridgehead atoms. The van der Waals surface area contributed by atoms with Crippen LogP contribution in [0.4, 0.5) is 5.69 Å². The van der Waals surface area contributed by atoms with Crippen molar-refractivity contribution in [3.63, 3.8) is 0 Å². The summed E-state index contributed by atoms with van der Waals surface area (Å²) in [5, 5.41) is 1.02. The van der Waals surface area contributed by atoms with Crippen LogP contribution >= 0.6 is 39.1 Å². The van der Waals surface area contributed by atoms with Crippen molar-refractivity contribution in [1.29, 1.82) is 0 Å². The molecular formula is C25H14BrCl2NO4. The van der Waals surface area contributed by atoms with E-state index in [0.717, 1.165) is 0 Å². The van der Waals surface area contributed by atoms with E-state index in [9.17, 15) is 14.4 Å². The van der Waals surface area contributed by atoms with Crippen molar-refractivity contribution < 1.29 is 14.0 Å². The quantitative estimate of drug-likeness (QED) is 0.266. The van der Waals surface area contributed by atoms with Crippen molar-refractivity contribution in [3.05, 3.63) is 108 Å². The summed E-state index contributed by atoms with van der Waals surface area (Å²) in [7, 11) is 0. The van der Waals surface area contributed by atoms with Gasteiger partial charge in [-0.25, -0.2) is 0 Å². The molecule has 5 rings (SSSR count). The highest BCUT2D eigenvalue weighted by molar-refractivity contribution is 9.10. The molecule has 3 aromatic carbocycles. The van der Waals surface area contributed by atoms with Crippen molar-refractivity contribution in [2.24, 2.45) is 0 Å². The lowest BCUT2D eigenvalue weighted by molar-refractivity contribution is 0.0970. The lowest BCUT2D eigenvalue weighted by Crippen LogP contribution is -2.29. The molecule has 1 unspecified atom stereocenters. The zero-order chi connectivity index (χ0) is 23.4. The van der Waals surface area contributed by atoms with E-state index in [1.807, 2.05) is 0 Å². The summed E-state index contributed by atoms with van der Waals surface area (Å²) >= 11 is 15.8. The molecule has 1 atom stereocenters. The molecule has 1 aliphatic rings. The number of hydrogen-bond donors (Lipinski definition) is 0. The average Bonchev–Trinajstić information content (AvgIpc) is 3.09. The van der Waals surface area contributed by atoms with E-state index in [-0.39, 0.29) is 22.5 Å². The minimum absolute atomic E-state index is 0.0264. The first-order valence-electron chi connectivity index (χ1n) is 9.92. The molecule has 0 N–H and O–H groups in total. The minimum atomic E-state index is -0.787. The summed E-state index contributed by atoms with van der Waals surface area (Å²) in [5.74, 6) is -0.576. The van der Waals surface area contributed by atoms with Gasteiger partial charge >= 0.3 is 0 Å². The van der Waals surface area contributed by atoms with E-state index >= 15 is 0 Å². The maximum atomic E-state index is 13.6. The molecule has 0 saturated heterocycles. The minimum Gasteiger partial charge on any atom is -0.450 e. The lowest BCUT2D eigenvalue weighted by Gasteiger charge is -2.25. The Balaban J connectivity index is 1.79. The second kappa shape index (κ2) is 8.13. The zero-order valence-corrected chi connectivity index (χ0v) is 20.2. The fraction of sp³-hybridized carbons (Fsp3) is 0.0800. The van der Waals surface area contributed by atoms with Crippen LogP contribution in [0.3, 0.4) is 0 Å². The van der Waals surface area contributed by atoms with Crippen LogP contribution in [0.5, 0.6) is 0 Å². The van der Waals surface area contributed by atoms with Gasteiger partial charge in [-0.3, -0.25) is 19.3 Å². The number of rotatable bonds is 3. The second-order valence-corrected chi connectivity index (χ2v) is 9.40.